The molecule has 9 nitrogen and oxygen atoms in total. The average molecular weight is 377 g/mol. The van der Waals surface area contributed by atoms with Crippen molar-refractivity contribution in [2.45, 2.75) is 57.0 Å². The number of fused-ring (bicyclic) bond motifs is 1. The van der Waals surface area contributed by atoms with E-state index in [0.29, 0.717) is 18.5 Å². The number of hydrogen-bond acceptors (Lipinski definition) is 7. The molecule has 0 aromatic carbocycles. The van der Waals surface area contributed by atoms with Gasteiger partial charge in [0, 0.05) is 13.0 Å². The highest BCUT2D eigenvalue weighted by Gasteiger charge is 2.50. The molecule has 1 aliphatic heterocycles. The van der Waals surface area contributed by atoms with Crippen molar-refractivity contribution in [2.24, 2.45) is 0 Å². The molecule has 144 valence electrons. The van der Waals surface area contributed by atoms with Crippen molar-refractivity contribution in [2.75, 3.05) is 5.73 Å². The molecule has 0 radical (unpaired) electrons. The Morgan fingerprint density at radius 2 is 2.19 bits per heavy atom. The van der Waals surface area contributed by atoms with Gasteiger partial charge in [0.15, 0.2) is 18.0 Å². The van der Waals surface area contributed by atoms with Crippen molar-refractivity contribution in [3.63, 3.8) is 0 Å². The lowest BCUT2D eigenvalue weighted by atomic mass is 10.1. The van der Waals surface area contributed by atoms with Gasteiger partial charge in [-0.05, 0) is 6.42 Å². The predicted octanol–water partition coefficient (Wildman–Crippen LogP) is 0.157. The molecule has 4 N–H and O–H groups in total. The van der Waals surface area contributed by atoms with E-state index in [9.17, 15) is 28.2 Å². The Morgan fingerprint density at radius 1 is 1.50 bits per heavy atom. The maximum Gasteiger partial charge on any atom is 0.416 e. The third-order valence-electron chi connectivity index (χ3n) is 4.23. The molecule has 1 fully saturated rings. The van der Waals surface area contributed by atoms with Crippen LogP contribution in [0.15, 0.2) is 11.0 Å². The van der Waals surface area contributed by atoms with E-state index >= 15 is 0 Å². The van der Waals surface area contributed by atoms with Gasteiger partial charge in [-0.3, -0.25) is 4.57 Å². The number of ether oxygens (including phenoxy) is 1. The third-order valence-corrected chi connectivity index (χ3v) is 4.23. The molecule has 0 unspecified atom stereocenters. The van der Waals surface area contributed by atoms with Crippen molar-refractivity contribution in [1.82, 2.24) is 19.1 Å². The van der Waals surface area contributed by atoms with Crippen LogP contribution in [-0.2, 0) is 11.3 Å². The van der Waals surface area contributed by atoms with Crippen LogP contribution in [0.5, 0.6) is 0 Å². The van der Waals surface area contributed by atoms with Gasteiger partial charge >= 0.3 is 11.9 Å². The molecule has 0 saturated carbocycles. The van der Waals surface area contributed by atoms with Crippen molar-refractivity contribution in [3.8, 4) is 0 Å². The molecule has 1 aliphatic rings. The number of imidazole rings is 1. The lowest BCUT2D eigenvalue weighted by Crippen LogP contribution is -2.39. The van der Waals surface area contributed by atoms with Crippen LogP contribution in [-0.4, -0.2) is 53.8 Å². The number of alkyl halides is 3. The summed E-state index contributed by atoms with van der Waals surface area (Å²) in [6, 6.07) is 0. The Bertz CT molecular complexity index is 865. The molecule has 26 heavy (non-hydrogen) atoms. The quantitative estimate of drug-likeness (QED) is 0.692. The first-order chi connectivity index (χ1) is 12.1. The summed E-state index contributed by atoms with van der Waals surface area (Å²) in [5.74, 6) is -0.140. The van der Waals surface area contributed by atoms with Crippen LogP contribution in [0.2, 0.25) is 0 Å². The van der Waals surface area contributed by atoms with E-state index in [1.54, 1.807) is 0 Å². The zero-order chi connectivity index (χ0) is 19.2. The summed E-state index contributed by atoms with van der Waals surface area (Å²) >= 11 is 0. The second-order valence-electron chi connectivity index (χ2n) is 6.10. The largest absolute Gasteiger partial charge is 0.416 e. The molecule has 1 saturated heterocycles. The fourth-order valence-corrected chi connectivity index (χ4v) is 3.07. The van der Waals surface area contributed by atoms with E-state index in [1.165, 1.54) is 10.8 Å². The summed E-state index contributed by atoms with van der Waals surface area (Å²) < 4.78 is 45.7. The van der Waals surface area contributed by atoms with Gasteiger partial charge in [0.2, 0.25) is 5.95 Å². The maximum atomic E-state index is 12.7. The number of nitrogens with two attached hydrogens (primary N) is 1. The number of aryl methyl sites for hydroxylation is 1. The Balaban J connectivity index is 2.06. The molecule has 2 aromatic rings. The summed E-state index contributed by atoms with van der Waals surface area (Å²) in [6.07, 6.45) is -10.8. The van der Waals surface area contributed by atoms with E-state index in [2.05, 4.69) is 9.97 Å². The summed E-state index contributed by atoms with van der Waals surface area (Å²) in [6.45, 7) is 2.15. The van der Waals surface area contributed by atoms with E-state index in [1.807, 2.05) is 6.92 Å². The van der Waals surface area contributed by atoms with Gasteiger partial charge in [-0.15, -0.1) is 0 Å². The van der Waals surface area contributed by atoms with Crippen LogP contribution in [0.4, 0.5) is 19.1 Å². The molecular weight excluding hydrogens is 359 g/mol. The topological polar surface area (TPSA) is 128 Å². The van der Waals surface area contributed by atoms with Crippen LogP contribution in [0.3, 0.4) is 0 Å². The molecule has 12 heteroatoms. The highest BCUT2D eigenvalue weighted by atomic mass is 19.4. The minimum atomic E-state index is -4.91. The molecule has 0 bridgehead atoms. The van der Waals surface area contributed by atoms with Crippen LogP contribution >= 0.6 is 0 Å². The number of aliphatic hydroxyl groups excluding tert-OH is 2. The molecular formula is C14H18F3N5O4. The summed E-state index contributed by atoms with van der Waals surface area (Å²) in [5, 5.41) is 19.6. The summed E-state index contributed by atoms with van der Waals surface area (Å²) in [7, 11) is 0. The van der Waals surface area contributed by atoms with E-state index in [0.717, 1.165) is 4.57 Å². The zero-order valence-electron chi connectivity index (χ0n) is 13.7. The summed E-state index contributed by atoms with van der Waals surface area (Å²) in [4.78, 5) is 20.5. The number of aromatic nitrogens is 4. The highest BCUT2D eigenvalue weighted by Crippen LogP contribution is 2.36. The number of hydrogen-bond donors (Lipinski definition) is 3. The number of aliphatic hydroxyl groups is 2. The Hall–Kier alpha value is -2.18. The Kier molecular flexibility index (Phi) is 4.67. The number of anilines is 1. The standard InChI is InChI=1S/C14H18F3N5O4/c1-2-3-21-6-5-19-12(18)20-10(6)22(13(21)25)11-7(23)4-8(26-11)9(24)14(15,16)17/h5,7-9,11,23-24H,2-4H2,1H3,(H2,18,19,20)/t7-,8+,9-,11-/m1/s1. The van der Waals surface area contributed by atoms with Crippen molar-refractivity contribution in [1.29, 1.82) is 0 Å². The fourth-order valence-electron chi connectivity index (χ4n) is 3.07. The SMILES string of the molecule is CCCn1c(=O)n([C@@H]2O[C@H]([C@@H](O)C(F)(F)F)C[C@H]2O)c2nc(N)ncc21. The van der Waals surface area contributed by atoms with Gasteiger partial charge in [0.25, 0.3) is 0 Å². The van der Waals surface area contributed by atoms with Gasteiger partial charge in [-0.1, -0.05) is 6.92 Å². The van der Waals surface area contributed by atoms with Crippen molar-refractivity contribution >= 4 is 17.1 Å². The molecule has 3 rings (SSSR count). The second kappa shape index (κ2) is 6.52. The average Bonchev–Trinajstić information content (AvgIpc) is 3.04. The van der Waals surface area contributed by atoms with Crippen molar-refractivity contribution in [3.05, 3.63) is 16.7 Å². The maximum absolute atomic E-state index is 12.7. The first kappa shape index (κ1) is 18.6. The molecule has 3 heterocycles. The minimum Gasteiger partial charge on any atom is -0.388 e. The Morgan fingerprint density at radius 3 is 2.81 bits per heavy atom. The number of rotatable bonds is 4. The van der Waals surface area contributed by atoms with Gasteiger partial charge in [0.05, 0.1) is 12.3 Å². The molecule has 0 aliphatic carbocycles. The van der Waals surface area contributed by atoms with Gasteiger partial charge in [-0.2, -0.15) is 18.2 Å². The molecule has 2 aromatic heterocycles. The Labute approximate surface area is 144 Å². The fraction of sp³-hybridized carbons (Fsp3) is 0.643. The molecule has 4 atom stereocenters. The highest BCUT2D eigenvalue weighted by molar-refractivity contribution is 5.71. The van der Waals surface area contributed by atoms with Crippen LogP contribution in [0.1, 0.15) is 26.0 Å². The monoisotopic (exact) mass is 377 g/mol. The van der Waals surface area contributed by atoms with E-state index < -0.39 is 42.8 Å². The predicted molar refractivity (Wildman–Crippen MR) is 83.1 cm³/mol. The first-order valence-corrected chi connectivity index (χ1v) is 7.96. The van der Waals surface area contributed by atoms with Crippen LogP contribution in [0, 0.1) is 0 Å². The minimum absolute atomic E-state index is 0.0437. The van der Waals surface area contributed by atoms with E-state index in [-0.39, 0.29) is 11.6 Å². The second-order valence-corrected chi connectivity index (χ2v) is 6.10. The molecule has 0 amide bonds. The lowest BCUT2D eigenvalue weighted by molar-refractivity contribution is -0.237. The summed E-state index contributed by atoms with van der Waals surface area (Å²) in [5.41, 5.74) is 5.30. The lowest BCUT2D eigenvalue weighted by Gasteiger charge is -2.21. The number of nitrogen functional groups attached to an aromatic ring is 1. The first-order valence-electron chi connectivity index (χ1n) is 7.96. The zero-order valence-corrected chi connectivity index (χ0v) is 13.7. The van der Waals surface area contributed by atoms with E-state index in [4.69, 9.17) is 10.5 Å². The van der Waals surface area contributed by atoms with Gasteiger partial charge in [-0.25, -0.2) is 14.3 Å². The van der Waals surface area contributed by atoms with Crippen molar-refractivity contribution < 1.29 is 28.1 Å². The van der Waals surface area contributed by atoms with Crippen LogP contribution in [0.25, 0.3) is 11.2 Å². The van der Waals surface area contributed by atoms with Gasteiger partial charge < -0.3 is 20.7 Å². The van der Waals surface area contributed by atoms with Crippen LogP contribution < -0.4 is 11.4 Å². The number of halogens is 3. The third kappa shape index (κ3) is 3.04. The number of nitrogens with zero attached hydrogens (tertiary/aromatic N) is 4. The smallest absolute Gasteiger partial charge is 0.388 e. The normalized spacial score (nSPS) is 25.1. The molecule has 0 spiro atoms. The van der Waals surface area contributed by atoms with Gasteiger partial charge in [0.1, 0.15) is 11.6 Å².